The van der Waals surface area contributed by atoms with Gasteiger partial charge in [-0.25, -0.2) is 13.1 Å². The maximum Gasteiger partial charge on any atom is 0.240 e. The Morgan fingerprint density at radius 3 is 2.86 bits per heavy atom. The number of fused-ring (bicyclic) bond motifs is 1. The van der Waals surface area contributed by atoms with Crippen molar-refractivity contribution in [3.8, 4) is 0 Å². The molecule has 1 aliphatic heterocycles. The minimum Gasteiger partial charge on any atom is -0.365 e. The van der Waals surface area contributed by atoms with Crippen LogP contribution in [0.4, 0.5) is 5.69 Å². The second-order valence-electron chi connectivity index (χ2n) is 4.99. The number of nitrogens with one attached hydrogen (secondary N) is 1. The number of benzene rings is 1. The van der Waals surface area contributed by atoms with Gasteiger partial charge in [-0.2, -0.15) is 0 Å². The van der Waals surface area contributed by atoms with Crippen LogP contribution in [0.15, 0.2) is 47.5 Å². The number of hydrogen-bond donors (Lipinski definition) is 1. The maximum absolute atomic E-state index is 11.8. The fourth-order valence-corrected chi connectivity index (χ4v) is 3.36. The molecule has 0 radical (unpaired) electrons. The summed E-state index contributed by atoms with van der Waals surface area (Å²) in [6.45, 7) is 1.63. The molecule has 21 heavy (non-hydrogen) atoms. The Bertz CT molecular complexity index is 745. The Balaban J connectivity index is 1.87. The lowest BCUT2D eigenvalue weighted by Gasteiger charge is -2.19. The van der Waals surface area contributed by atoms with Gasteiger partial charge < -0.3 is 4.90 Å². The van der Waals surface area contributed by atoms with Crippen LogP contribution in [0, 0.1) is 0 Å². The largest absolute Gasteiger partial charge is 0.365 e. The summed E-state index contributed by atoms with van der Waals surface area (Å²) in [6, 6.07) is 11.2. The van der Waals surface area contributed by atoms with E-state index in [1.807, 2.05) is 24.3 Å². The smallest absolute Gasteiger partial charge is 0.240 e. The number of pyridine rings is 1. The quantitative estimate of drug-likeness (QED) is 0.931. The van der Waals surface area contributed by atoms with E-state index in [1.165, 1.54) is 7.05 Å². The minimum atomic E-state index is -3.38. The highest BCUT2D eigenvalue weighted by molar-refractivity contribution is 7.89. The van der Waals surface area contributed by atoms with Crippen molar-refractivity contribution in [3.05, 3.63) is 53.9 Å². The van der Waals surface area contributed by atoms with Crippen molar-refractivity contribution in [1.29, 1.82) is 0 Å². The van der Waals surface area contributed by atoms with E-state index in [0.717, 1.165) is 36.5 Å². The molecular formula is C15H17N3O2S. The van der Waals surface area contributed by atoms with E-state index >= 15 is 0 Å². The van der Waals surface area contributed by atoms with Gasteiger partial charge in [0.1, 0.15) is 0 Å². The Hall–Kier alpha value is -1.92. The molecule has 2 aromatic rings. The van der Waals surface area contributed by atoms with Crippen LogP contribution < -0.4 is 9.62 Å². The lowest BCUT2D eigenvalue weighted by Crippen LogP contribution is -2.20. The molecule has 0 aliphatic carbocycles. The predicted octanol–water partition coefficient (Wildman–Crippen LogP) is 1.55. The molecule has 110 valence electrons. The van der Waals surface area contributed by atoms with E-state index in [-0.39, 0.29) is 0 Å². The molecule has 5 nitrogen and oxygen atoms in total. The summed E-state index contributed by atoms with van der Waals surface area (Å²) in [6.07, 6.45) is 2.64. The van der Waals surface area contributed by atoms with Crippen molar-refractivity contribution in [2.45, 2.75) is 17.9 Å². The van der Waals surface area contributed by atoms with Crippen LogP contribution in [0.1, 0.15) is 11.3 Å². The molecule has 1 N–H and O–H groups in total. The highest BCUT2D eigenvalue weighted by atomic mass is 32.2. The first kappa shape index (κ1) is 14.0. The van der Waals surface area contributed by atoms with Gasteiger partial charge in [0.05, 0.1) is 17.1 Å². The minimum absolute atomic E-state index is 0.323. The molecule has 0 amide bonds. The molecule has 1 aromatic heterocycles. The third-order valence-electron chi connectivity index (χ3n) is 3.70. The first-order valence-corrected chi connectivity index (χ1v) is 8.30. The molecule has 0 spiro atoms. The van der Waals surface area contributed by atoms with Gasteiger partial charge in [-0.3, -0.25) is 4.98 Å². The van der Waals surface area contributed by atoms with Crippen LogP contribution in [0.3, 0.4) is 0 Å². The van der Waals surface area contributed by atoms with Crippen LogP contribution in [0.2, 0.25) is 0 Å². The van der Waals surface area contributed by atoms with Crippen LogP contribution in [-0.2, 0) is 23.0 Å². The summed E-state index contributed by atoms with van der Waals surface area (Å²) in [5, 5.41) is 0. The van der Waals surface area contributed by atoms with Crippen LogP contribution in [-0.4, -0.2) is 27.0 Å². The molecular weight excluding hydrogens is 286 g/mol. The standard InChI is InChI=1S/C15H17N3O2S/c1-16-21(19,20)14-5-6-15-12(10-14)7-9-18(15)11-13-4-2-3-8-17-13/h2-6,8,10,16H,7,9,11H2,1H3. The second kappa shape index (κ2) is 5.46. The zero-order valence-corrected chi connectivity index (χ0v) is 12.6. The average molecular weight is 303 g/mol. The number of sulfonamides is 1. The van der Waals surface area contributed by atoms with Gasteiger partial charge in [-0.05, 0) is 49.4 Å². The number of rotatable bonds is 4. The molecule has 0 fully saturated rings. The number of nitrogens with zero attached hydrogens (tertiary/aromatic N) is 2. The van der Waals surface area contributed by atoms with E-state index < -0.39 is 10.0 Å². The molecule has 2 heterocycles. The molecule has 0 atom stereocenters. The molecule has 0 saturated carbocycles. The molecule has 1 aliphatic rings. The van der Waals surface area contributed by atoms with E-state index in [0.29, 0.717) is 4.90 Å². The third-order valence-corrected chi connectivity index (χ3v) is 5.11. The highest BCUT2D eigenvalue weighted by Crippen LogP contribution is 2.31. The van der Waals surface area contributed by atoms with Crippen LogP contribution >= 0.6 is 0 Å². The first-order chi connectivity index (χ1) is 10.1. The van der Waals surface area contributed by atoms with Crippen molar-refractivity contribution in [3.63, 3.8) is 0 Å². The fourth-order valence-electron chi connectivity index (χ4n) is 2.58. The molecule has 0 saturated heterocycles. The molecule has 0 bridgehead atoms. The average Bonchev–Trinajstić information content (AvgIpc) is 2.91. The lowest BCUT2D eigenvalue weighted by atomic mass is 10.2. The van der Waals surface area contributed by atoms with Gasteiger partial charge in [0, 0.05) is 18.4 Å². The van der Waals surface area contributed by atoms with E-state index in [4.69, 9.17) is 0 Å². The first-order valence-electron chi connectivity index (χ1n) is 6.81. The molecule has 0 unspecified atom stereocenters. The summed E-state index contributed by atoms with van der Waals surface area (Å²) in [4.78, 5) is 6.89. The van der Waals surface area contributed by atoms with Gasteiger partial charge >= 0.3 is 0 Å². The topological polar surface area (TPSA) is 62.3 Å². The Morgan fingerprint density at radius 1 is 1.29 bits per heavy atom. The van der Waals surface area contributed by atoms with Gasteiger partial charge in [0.25, 0.3) is 0 Å². The summed E-state index contributed by atoms with van der Waals surface area (Å²) in [7, 11) is -1.95. The zero-order chi connectivity index (χ0) is 14.9. The van der Waals surface area contributed by atoms with E-state index in [2.05, 4.69) is 14.6 Å². The summed E-state index contributed by atoms with van der Waals surface area (Å²) in [5.41, 5.74) is 3.18. The molecule has 1 aromatic carbocycles. The van der Waals surface area contributed by atoms with E-state index in [9.17, 15) is 8.42 Å². The second-order valence-corrected chi connectivity index (χ2v) is 6.88. The van der Waals surface area contributed by atoms with E-state index in [1.54, 1.807) is 18.3 Å². The van der Waals surface area contributed by atoms with Crippen LogP contribution in [0.25, 0.3) is 0 Å². The molecule has 3 rings (SSSR count). The summed E-state index contributed by atoms with van der Waals surface area (Å²) >= 11 is 0. The molecule has 6 heteroatoms. The fraction of sp³-hybridized carbons (Fsp3) is 0.267. The van der Waals surface area contributed by atoms with Crippen molar-refractivity contribution in [2.75, 3.05) is 18.5 Å². The van der Waals surface area contributed by atoms with Crippen molar-refractivity contribution >= 4 is 15.7 Å². The number of hydrogen-bond acceptors (Lipinski definition) is 4. The Labute approximate surface area is 124 Å². The van der Waals surface area contributed by atoms with Gasteiger partial charge in [-0.1, -0.05) is 6.07 Å². The van der Waals surface area contributed by atoms with Gasteiger partial charge in [-0.15, -0.1) is 0 Å². The highest BCUT2D eigenvalue weighted by Gasteiger charge is 2.22. The SMILES string of the molecule is CNS(=O)(=O)c1ccc2c(c1)CCN2Cc1ccccn1. The summed E-state index contributed by atoms with van der Waals surface area (Å²) in [5.74, 6) is 0. The normalized spacial score (nSPS) is 14.2. The Morgan fingerprint density at radius 2 is 2.14 bits per heavy atom. The lowest BCUT2D eigenvalue weighted by molar-refractivity contribution is 0.588. The van der Waals surface area contributed by atoms with Gasteiger partial charge in [0.2, 0.25) is 10.0 Å². The van der Waals surface area contributed by atoms with Crippen molar-refractivity contribution in [2.24, 2.45) is 0 Å². The summed E-state index contributed by atoms with van der Waals surface area (Å²) < 4.78 is 26.0. The zero-order valence-electron chi connectivity index (χ0n) is 11.8. The van der Waals surface area contributed by atoms with Crippen molar-refractivity contribution < 1.29 is 8.42 Å². The van der Waals surface area contributed by atoms with Crippen molar-refractivity contribution in [1.82, 2.24) is 9.71 Å². The number of anilines is 1. The maximum atomic E-state index is 11.8. The predicted molar refractivity (Wildman–Crippen MR) is 81.7 cm³/mol. The van der Waals surface area contributed by atoms with Gasteiger partial charge in [0.15, 0.2) is 0 Å². The third kappa shape index (κ3) is 2.77. The number of aromatic nitrogens is 1. The van der Waals surface area contributed by atoms with Crippen LogP contribution in [0.5, 0.6) is 0 Å². The Kier molecular flexibility index (Phi) is 3.65. The monoisotopic (exact) mass is 303 g/mol.